The van der Waals surface area contributed by atoms with Crippen molar-refractivity contribution in [2.75, 3.05) is 60.1 Å². The number of rotatable bonds is 9. The van der Waals surface area contributed by atoms with E-state index < -0.39 is 120 Å². The Balaban J connectivity index is 1.56. The van der Waals surface area contributed by atoms with Crippen molar-refractivity contribution in [2.45, 2.75) is 191 Å². The van der Waals surface area contributed by atoms with Gasteiger partial charge in [-0.25, -0.2) is 4.99 Å². The molecule has 0 amide bonds. The number of amidine groups is 1. The van der Waals surface area contributed by atoms with Crippen molar-refractivity contribution in [1.29, 1.82) is 0 Å². The van der Waals surface area contributed by atoms with Crippen LogP contribution in [0.1, 0.15) is 94.9 Å². The molecule has 0 aromatic carbocycles. The zero-order valence-electron chi connectivity index (χ0n) is 39.8. The first-order valence-electron chi connectivity index (χ1n) is 22.9. The van der Waals surface area contributed by atoms with Crippen LogP contribution in [0.5, 0.6) is 0 Å². The summed E-state index contributed by atoms with van der Waals surface area (Å²) in [5.74, 6) is -3.06. The Kier molecular flexibility index (Phi) is 17.2. The van der Waals surface area contributed by atoms with Crippen LogP contribution in [-0.4, -0.2) is 198 Å². The lowest BCUT2D eigenvalue weighted by molar-refractivity contribution is -0.338. The summed E-state index contributed by atoms with van der Waals surface area (Å²) >= 11 is 0. The molecule has 17 nitrogen and oxygen atoms in total. The first kappa shape index (κ1) is 53.0. The van der Waals surface area contributed by atoms with Crippen molar-refractivity contribution in [3.8, 4) is 0 Å². The molecule has 0 spiro atoms. The van der Waals surface area contributed by atoms with Crippen LogP contribution in [0.4, 0.5) is 13.2 Å². The van der Waals surface area contributed by atoms with Gasteiger partial charge in [0.15, 0.2) is 18.7 Å². The second kappa shape index (κ2) is 20.7. The number of hydrogen-bond donors (Lipinski definition) is 5. The normalized spacial score (nSPS) is 46.8. The number of hydrogen-bond acceptors (Lipinski definition) is 16. The second-order valence-corrected chi connectivity index (χ2v) is 19.9. The summed E-state index contributed by atoms with van der Waals surface area (Å²) in [4.78, 5) is 21.9. The van der Waals surface area contributed by atoms with Gasteiger partial charge in [0.05, 0.1) is 55.2 Å². The van der Waals surface area contributed by atoms with E-state index in [1.54, 1.807) is 60.4 Å². The molecule has 5 N–H and O–H groups in total. The molecule has 0 aromatic rings. The molecule has 5 aliphatic rings. The van der Waals surface area contributed by atoms with Crippen molar-refractivity contribution in [2.24, 2.45) is 22.7 Å². The molecule has 372 valence electrons. The Bertz CT molecular complexity index is 1570. The largest absolute Gasteiger partial charge is 0.459 e. The van der Waals surface area contributed by atoms with Gasteiger partial charge < -0.3 is 68.5 Å². The molecule has 5 fully saturated rings. The predicted octanol–water partition coefficient (Wildman–Crippen LogP) is 2.59. The third-order valence-electron chi connectivity index (χ3n) is 14.5. The predicted molar refractivity (Wildman–Crippen MR) is 227 cm³/mol. The highest BCUT2D eigenvalue weighted by atomic mass is 19.4. The maximum atomic E-state index is 14.5. The number of β-amino-alcohol motifs (C(OH)–C–C–N with tert-alkyl or cyclic N) is 1. The summed E-state index contributed by atoms with van der Waals surface area (Å²) in [7, 11) is 3.11. The van der Waals surface area contributed by atoms with E-state index in [0.29, 0.717) is 39.3 Å². The summed E-state index contributed by atoms with van der Waals surface area (Å²) in [6.45, 7) is 18.4. The number of carbonyl (C=O) groups is 1. The summed E-state index contributed by atoms with van der Waals surface area (Å²) in [5.41, 5.74) is -6.31. The number of aliphatic hydroxyl groups excluding tert-OH is 1. The number of nitrogens with zero attached hydrogens (tertiary/aromatic N) is 3. The number of aliphatic hydroxyl groups is 4. The van der Waals surface area contributed by atoms with E-state index in [4.69, 9.17) is 37.9 Å². The third kappa shape index (κ3) is 11.7. The number of likely N-dealkylation sites (N-methyl/N-ethyl adjacent to an activating group) is 1. The highest BCUT2D eigenvalue weighted by molar-refractivity contribution is 5.76. The van der Waals surface area contributed by atoms with Crippen molar-refractivity contribution in [1.82, 2.24) is 15.1 Å². The van der Waals surface area contributed by atoms with Gasteiger partial charge in [-0.1, -0.05) is 20.8 Å². The van der Waals surface area contributed by atoms with Gasteiger partial charge in [0.2, 0.25) is 0 Å². The fraction of sp³-hybridized carbons (Fsp3) is 0.955. The van der Waals surface area contributed by atoms with Crippen molar-refractivity contribution >= 4 is 12.0 Å². The Morgan fingerprint density at radius 2 is 1.62 bits per heavy atom. The number of methoxy groups -OCH3 is 1. The minimum Gasteiger partial charge on any atom is -0.459 e. The number of alkyl halides is 3. The summed E-state index contributed by atoms with van der Waals surface area (Å²) in [6, 6.07) is -1.37. The molecule has 0 aliphatic carbocycles. The molecule has 0 bridgehead atoms. The van der Waals surface area contributed by atoms with Gasteiger partial charge in [-0.05, 0) is 80.2 Å². The number of fused-ring (bicyclic) bond motifs is 1. The van der Waals surface area contributed by atoms with Gasteiger partial charge in [-0.15, -0.1) is 0 Å². The van der Waals surface area contributed by atoms with Crippen LogP contribution in [0.3, 0.4) is 0 Å². The molecule has 5 saturated heterocycles. The summed E-state index contributed by atoms with van der Waals surface area (Å²) in [5, 5.41) is 51.6. The lowest BCUT2D eigenvalue weighted by Gasteiger charge is -2.55. The van der Waals surface area contributed by atoms with Gasteiger partial charge in [-0.3, -0.25) is 9.69 Å². The number of ether oxygens (including phenoxy) is 8. The number of morpholine rings is 1. The quantitative estimate of drug-likeness (QED) is 0.211. The van der Waals surface area contributed by atoms with E-state index >= 15 is 0 Å². The Labute approximate surface area is 376 Å². The molecule has 0 aromatic heterocycles. The van der Waals surface area contributed by atoms with Crippen LogP contribution < -0.4 is 5.32 Å². The van der Waals surface area contributed by atoms with Crippen LogP contribution >= 0.6 is 0 Å². The average Bonchev–Trinajstić information content (AvgIpc) is 3.54. The average molecular weight is 927 g/mol. The molecule has 18 atom stereocenters. The minimum atomic E-state index is -4.56. The standard InChI is InChI=1S/C44H77F3N4O13/c1-13-31-42(10,55)35(52)28(6)48-21-24(2)19-40(8,54)36(64-38-34-30(18-25(3)59-38)50(11)39(63-34)49-22-44(45,46)47)26(4)33(27(5)37(53)61-31)62-32-20-41(9,57-12)43(56,29(7)60-32)23-51-14-16-58-17-15-51/h24-36,38,48,52,54-56H,13-23H2,1-12H3/t24-,25-,26+,27-,28-,29+,30+,31-,32+,33+,34-,35-,36-,38+,40-,41-,42-,43+/m1/s1. The monoisotopic (exact) mass is 927 g/mol. The lowest BCUT2D eigenvalue weighted by Crippen LogP contribution is -2.70. The van der Waals surface area contributed by atoms with Crippen molar-refractivity contribution in [3.05, 3.63) is 0 Å². The topological polar surface area (TPSA) is 203 Å². The van der Waals surface area contributed by atoms with E-state index in [0.717, 1.165) is 0 Å². The first-order chi connectivity index (χ1) is 29.7. The number of cyclic esters (lactones) is 1. The summed E-state index contributed by atoms with van der Waals surface area (Å²) < 4.78 is 90.3. The van der Waals surface area contributed by atoms with Gasteiger partial charge in [0, 0.05) is 52.2 Å². The minimum absolute atomic E-state index is 0.0217. The van der Waals surface area contributed by atoms with Crippen LogP contribution in [-0.2, 0) is 42.7 Å². The molecule has 0 saturated carbocycles. The molecule has 5 aliphatic heterocycles. The van der Waals surface area contributed by atoms with Crippen LogP contribution in [0, 0.1) is 17.8 Å². The zero-order valence-corrected chi connectivity index (χ0v) is 39.8. The van der Waals surface area contributed by atoms with Crippen LogP contribution in [0.25, 0.3) is 0 Å². The van der Waals surface area contributed by atoms with Crippen molar-refractivity contribution in [3.63, 3.8) is 0 Å². The number of carbonyl (C=O) groups excluding carboxylic acids is 1. The van der Waals surface area contributed by atoms with E-state index in [2.05, 4.69) is 15.2 Å². The highest BCUT2D eigenvalue weighted by Crippen LogP contribution is 2.44. The summed E-state index contributed by atoms with van der Waals surface area (Å²) in [6.07, 6.45) is -13.3. The SMILES string of the molecule is CC[C@H]1OC(=O)[C@H](C)[C@@H](O[C@H]2C[C@@](C)(OC)[C@](O)(CN3CCOCC3)[C@H](C)O2)[C@H](C)[C@@H](O[C@@H]2O[C@H](C)C[C@H]3[C@H]2OC(=NCC(F)(F)F)N3C)[C@](C)(O)C[C@@H](C)CN[C@H](C)[C@@H](O)[C@]1(C)O. The Morgan fingerprint density at radius 3 is 2.23 bits per heavy atom. The maximum Gasteiger partial charge on any atom is 0.408 e. The Hall–Kier alpha value is -1.95. The molecule has 0 radical (unpaired) electrons. The second-order valence-electron chi connectivity index (χ2n) is 19.9. The Morgan fingerprint density at radius 1 is 0.969 bits per heavy atom. The molecule has 20 heteroatoms. The van der Waals surface area contributed by atoms with Gasteiger partial charge in [0.1, 0.15) is 35.6 Å². The fourth-order valence-corrected chi connectivity index (χ4v) is 10.5. The molecule has 5 heterocycles. The zero-order chi connectivity index (χ0) is 47.7. The van der Waals surface area contributed by atoms with Crippen LogP contribution in [0.15, 0.2) is 4.99 Å². The van der Waals surface area contributed by atoms with E-state index in [-0.39, 0.29) is 37.7 Å². The van der Waals surface area contributed by atoms with Crippen molar-refractivity contribution < 1.29 is 76.3 Å². The fourth-order valence-electron chi connectivity index (χ4n) is 10.5. The van der Waals surface area contributed by atoms with Gasteiger partial charge in [-0.2, -0.15) is 13.2 Å². The van der Waals surface area contributed by atoms with Gasteiger partial charge >= 0.3 is 12.1 Å². The van der Waals surface area contributed by atoms with E-state index in [1.807, 2.05) is 13.8 Å². The molecule has 5 rings (SSSR count). The lowest BCUT2D eigenvalue weighted by atomic mass is 9.74. The smallest absolute Gasteiger partial charge is 0.408 e. The highest BCUT2D eigenvalue weighted by Gasteiger charge is 2.59. The molecule has 0 unspecified atom stereocenters. The van der Waals surface area contributed by atoms with Crippen LogP contribution in [0.2, 0.25) is 0 Å². The number of esters is 1. The van der Waals surface area contributed by atoms with E-state index in [9.17, 15) is 38.4 Å². The van der Waals surface area contributed by atoms with E-state index in [1.165, 1.54) is 14.0 Å². The number of halogens is 3. The third-order valence-corrected chi connectivity index (χ3v) is 14.5. The first-order valence-corrected chi connectivity index (χ1v) is 22.9. The molecular weight excluding hydrogens is 849 g/mol. The maximum absolute atomic E-state index is 14.5. The number of aliphatic imine (C=N–C) groups is 1. The molecule has 64 heavy (non-hydrogen) atoms. The van der Waals surface area contributed by atoms with Gasteiger partial charge in [0.25, 0.3) is 6.02 Å². The molecular formula is C44H77F3N4O13. The number of nitrogens with one attached hydrogen (secondary N) is 1.